The lowest BCUT2D eigenvalue weighted by Gasteiger charge is -2.44. The van der Waals surface area contributed by atoms with Gasteiger partial charge in [0.1, 0.15) is 5.75 Å². The Morgan fingerprint density at radius 1 is 1.11 bits per heavy atom. The van der Waals surface area contributed by atoms with Crippen LogP contribution in [0.25, 0.3) is 0 Å². The molecule has 1 fully saturated rings. The summed E-state index contributed by atoms with van der Waals surface area (Å²) < 4.78 is 35.5. The van der Waals surface area contributed by atoms with Crippen LogP contribution in [0.4, 0.5) is 5.69 Å². The molecule has 1 saturated heterocycles. The number of likely N-dealkylation sites (N-methyl/N-ethyl adjacent to an activating group) is 1. The van der Waals surface area contributed by atoms with Crippen LogP contribution < -0.4 is 9.64 Å². The molecule has 3 atom stereocenters. The largest absolute Gasteiger partial charge is 0.497 e. The molecule has 0 unspecified atom stereocenters. The summed E-state index contributed by atoms with van der Waals surface area (Å²) >= 11 is 0. The predicted octanol–water partition coefficient (Wildman–Crippen LogP) is 2.39. The molecule has 3 aromatic rings. The van der Waals surface area contributed by atoms with Gasteiger partial charge in [0, 0.05) is 49.6 Å². The molecule has 0 radical (unpaired) electrons. The van der Waals surface area contributed by atoms with Crippen LogP contribution >= 0.6 is 0 Å². The molecule has 182 valence electrons. The maximum atomic E-state index is 13.6. The SMILES string of the molecule is COc1ccc(C#Cc2ccc3c(c2)[C@H]2[C@H](CCN2S(=O)(=O)c2cn(C)cn2)[C@@H](CO)N3C)cc1. The minimum atomic E-state index is -3.80. The van der Waals surface area contributed by atoms with Crippen molar-refractivity contribution in [3.8, 4) is 17.6 Å². The minimum Gasteiger partial charge on any atom is -0.497 e. The Morgan fingerprint density at radius 2 is 1.83 bits per heavy atom. The Hall–Kier alpha value is -3.32. The lowest BCUT2D eigenvalue weighted by Crippen LogP contribution is -2.48. The van der Waals surface area contributed by atoms with Crippen molar-refractivity contribution in [1.82, 2.24) is 13.9 Å². The lowest BCUT2D eigenvalue weighted by molar-refractivity contribution is 0.193. The number of fused-ring (bicyclic) bond motifs is 3. The standard InChI is InChI=1S/C26H28N4O4S/c1-28-15-25(27-17-28)35(32,33)30-13-12-21-24(16-31)29(2)23-11-8-19(14-22(23)26(21)30)5-4-18-6-9-20(34-3)10-7-18/h6-11,14-15,17,21,24,26,31H,12-13,16H2,1-3H3/t21-,24-,26-/m1/s1. The third kappa shape index (κ3) is 4.08. The number of aliphatic hydroxyl groups is 1. The molecule has 35 heavy (non-hydrogen) atoms. The Bertz CT molecular complexity index is 1410. The van der Waals surface area contributed by atoms with Crippen molar-refractivity contribution in [2.45, 2.75) is 23.5 Å². The van der Waals surface area contributed by atoms with Crippen molar-refractivity contribution in [2.75, 3.05) is 32.2 Å². The zero-order valence-electron chi connectivity index (χ0n) is 19.9. The van der Waals surface area contributed by atoms with Crippen LogP contribution in [0, 0.1) is 17.8 Å². The van der Waals surface area contributed by atoms with E-state index >= 15 is 0 Å². The summed E-state index contributed by atoms with van der Waals surface area (Å²) in [5, 5.41) is 10.2. The molecule has 2 aliphatic heterocycles. The van der Waals surface area contributed by atoms with Gasteiger partial charge >= 0.3 is 0 Å². The number of anilines is 1. The number of imidazole rings is 1. The number of rotatable bonds is 4. The van der Waals surface area contributed by atoms with E-state index in [2.05, 4.69) is 21.7 Å². The summed E-state index contributed by atoms with van der Waals surface area (Å²) in [5.74, 6) is 7.12. The van der Waals surface area contributed by atoms with E-state index in [1.54, 1.807) is 23.0 Å². The lowest BCUT2D eigenvalue weighted by atomic mass is 9.82. The number of aromatic nitrogens is 2. The number of ether oxygens (including phenoxy) is 1. The number of hydrogen-bond donors (Lipinski definition) is 1. The van der Waals surface area contributed by atoms with Gasteiger partial charge in [0.15, 0.2) is 5.03 Å². The number of aliphatic hydroxyl groups excluding tert-OH is 1. The van der Waals surface area contributed by atoms with Crippen molar-refractivity contribution in [3.05, 3.63) is 71.7 Å². The van der Waals surface area contributed by atoms with Crippen LogP contribution in [-0.4, -0.2) is 60.7 Å². The smallest absolute Gasteiger partial charge is 0.262 e. The van der Waals surface area contributed by atoms with E-state index in [0.717, 1.165) is 28.1 Å². The Morgan fingerprint density at radius 3 is 2.49 bits per heavy atom. The van der Waals surface area contributed by atoms with E-state index in [0.29, 0.717) is 13.0 Å². The average molecular weight is 493 g/mol. The summed E-state index contributed by atoms with van der Waals surface area (Å²) in [7, 11) is 1.53. The summed E-state index contributed by atoms with van der Waals surface area (Å²) in [6.45, 7) is 0.327. The number of methoxy groups -OCH3 is 1. The predicted molar refractivity (Wildman–Crippen MR) is 133 cm³/mol. The van der Waals surface area contributed by atoms with Crippen LogP contribution in [0.1, 0.15) is 29.2 Å². The number of aryl methyl sites for hydroxylation is 1. The topological polar surface area (TPSA) is 87.9 Å². The zero-order valence-corrected chi connectivity index (χ0v) is 20.7. The Labute approximate surface area is 205 Å². The van der Waals surface area contributed by atoms with E-state index in [9.17, 15) is 13.5 Å². The van der Waals surface area contributed by atoms with E-state index in [1.165, 1.54) is 12.5 Å². The number of benzene rings is 2. The third-order valence-electron chi connectivity index (χ3n) is 7.00. The zero-order chi connectivity index (χ0) is 24.7. The van der Waals surface area contributed by atoms with Gasteiger partial charge in [-0.2, -0.15) is 4.31 Å². The second kappa shape index (κ2) is 9.04. The monoisotopic (exact) mass is 492 g/mol. The second-order valence-electron chi connectivity index (χ2n) is 9.00. The fourth-order valence-corrected chi connectivity index (χ4v) is 6.85. The van der Waals surface area contributed by atoms with Gasteiger partial charge in [-0.15, -0.1) is 0 Å². The first kappa shape index (κ1) is 23.4. The number of nitrogens with zero attached hydrogens (tertiary/aromatic N) is 4. The fraction of sp³-hybridized carbons (Fsp3) is 0.346. The number of hydrogen-bond acceptors (Lipinski definition) is 6. The molecule has 0 bridgehead atoms. The highest BCUT2D eigenvalue weighted by atomic mass is 32.2. The molecule has 8 nitrogen and oxygen atoms in total. The van der Waals surface area contributed by atoms with E-state index in [4.69, 9.17) is 4.74 Å². The van der Waals surface area contributed by atoms with E-state index in [1.807, 2.05) is 49.5 Å². The van der Waals surface area contributed by atoms with Crippen LogP contribution in [0.3, 0.4) is 0 Å². The maximum absolute atomic E-state index is 13.6. The van der Waals surface area contributed by atoms with Gasteiger partial charge in [-0.3, -0.25) is 0 Å². The Kier molecular flexibility index (Phi) is 6.05. The maximum Gasteiger partial charge on any atom is 0.262 e. The molecular weight excluding hydrogens is 464 g/mol. The van der Waals surface area contributed by atoms with Gasteiger partial charge in [-0.1, -0.05) is 11.8 Å². The summed E-state index contributed by atoms with van der Waals surface area (Å²) in [5.41, 5.74) is 3.47. The highest BCUT2D eigenvalue weighted by Crippen LogP contribution is 2.50. The molecule has 0 aliphatic carbocycles. The normalized spacial score (nSPS) is 21.7. The molecule has 0 saturated carbocycles. The molecule has 0 spiro atoms. The van der Waals surface area contributed by atoms with Gasteiger partial charge in [0.05, 0.1) is 32.1 Å². The van der Waals surface area contributed by atoms with Gasteiger partial charge in [-0.05, 0) is 54.4 Å². The van der Waals surface area contributed by atoms with Gasteiger partial charge < -0.3 is 19.3 Å². The van der Waals surface area contributed by atoms with E-state index < -0.39 is 16.1 Å². The quantitative estimate of drug-likeness (QED) is 0.563. The summed E-state index contributed by atoms with van der Waals surface area (Å²) in [6.07, 6.45) is 3.68. The van der Waals surface area contributed by atoms with Crippen molar-refractivity contribution < 1.29 is 18.3 Å². The molecule has 2 aliphatic rings. The van der Waals surface area contributed by atoms with Gasteiger partial charge in [0.2, 0.25) is 0 Å². The van der Waals surface area contributed by atoms with Crippen molar-refractivity contribution in [2.24, 2.45) is 13.0 Å². The van der Waals surface area contributed by atoms with Crippen LogP contribution in [0.15, 0.2) is 60.0 Å². The minimum absolute atomic E-state index is 0.0390. The molecule has 1 N–H and O–H groups in total. The fourth-order valence-electron chi connectivity index (χ4n) is 5.22. The average Bonchev–Trinajstić information content (AvgIpc) is 3.51. The highest BCUT2D eigenvalue weighted by molar-refractivity contribution is 7.89. The van der Waals surface area contributed by atoms with Crippen molar-refractivity contribution in [3.63, 3.8) is 0 Å². The summed E-state index contributed by atoms with van der Waals surface area (Å²) in [6, 6.07) is 12.9. The molecule has 3 heterocycles. The molecule has 2 aromatic carbocycles. The van der Waals surface area contributed by atoms with Crippen LogP contribution in [-0.2, 0) is 17.1 Å². The van der Waals surface area contributed by atoms with Crippen molar-refractivity contribution in [1.29, 1.82) is 0 Å². The van der Waals surface area contributed by atoms with Gasteiger partial charge in [0.25, 0.3) is 10.0 Å². The second-order valence-corrected chi connectivity index (χ2v) is 10.8. The number of sulfonamides is 1. The molecular formula is C26H28N4O4S. The van der Waals surface area contributed by atoms with Crippen LogP contribution in [0.5, 0.6) is 5.75 Å². The molecule has 1 aromatic heterocycles. The van der Waals surface area contributed by atoms with Gasteiger partial charge in [-0.25, -0.2) is 13.4 Å². The third-order valence-corrected chi connectivity index (χ3v) is 8.77. The van der Waals surface area contributed by atoms with E-state index in [-0.39, 0.29) is 23.6 Å². The Balaban J connectivity index is 1.56. The first-order valence-electron chi connectivity index (χ1n) is 11.5. The highest BCUT2D eigenvalue weighted by Gasteiger charge is 2.50. The molecule has 9 heteroatoms. The molecule has 0 amide bonds. The first-order chi connectivity index (χ1) is 16.8. The van der Waals surface area contributed by atoms with Crippen LogP contribution in [0.2, 0.25) is 0 Å². The summed E-state index contributed by atoms with van der Waals surface area (Å²) in [4.78, 5) is 6.18. The van der Waals surface area contributed by atoms with Crippen molar-refractivity contribution >= 4 is 15.7 Å². The first-order valence-corrected chi connectivity index (χ1v) is 12.9. The molecule has 5 rings (SSSR count).